The lowest BCUT2D eigenvalue weighted by atomic mass is 9.33. The molecule has 3 unspecified atom stereocenters. The molecule has 4 aliphatic heterocycles. The highest BCUT2D eigenvalue weighted by Crippen LogP contribution is 2.76. The number of carboxylic acids is 1. The Morgan fingerprint density at radius 1 is 0.693 bits per heavy atom. The van der Waals surface area contributed by atoms with Crippen molar-refractivity contribution in [3.63, 3.8) is 0 Å². The maximum Gasteiger partial charge on any atom is 0.335 e. The summed E-state index contributed by atoms with van der Waals surface area (Å²) in [4.78, 5) is 25.3. The first kappa shape index (κ1) is 57.3. The molecule has 11 N–H and O–H groups in total. The van der Waals surface area contributed by atoms with Crippen molar-refractivity contribution >= 4 is 11.8 Å². The molecule has 0 aromatic heterocycles. The molecule has 9 rings (SSSR count). The molecule has 426 valence electrons. The van der Waals surface area contributed by atoms with E-state index < -0.39 is 123 Å². The fraction of sp³-hybridized carbons (Fsp3) is 0.889. The number of ether oxygens (including phenoxy) is 8. The molecular weight excluding hydrogens is 985 g/mol. The van der Waals surface area contributed by atoms with Crippen LogP contribution in [0.1, 0.15) is 127 Å². The molecule has 21 heteroatoms. The second kappa shape index (κ2) is 20.3. The Kier molecular flexibility index (Phi) is 15.5. The molecule has 26 atom stereocenters. The van der Waals surface area contributed by atoms with Crippen molar-refractivity contribution in [1.29, 1.82) is 0 Å². The topological polar surface area (TPSA) is 331 Å². The number of ketones is 1. The van der Waals surface area contributed by atoms with Crippen molar-refractivity contribution in [3.8, 4) is 0 Å². The third kappa shape index (κ3) is 9.25. The lowest BCUT2D eigenvalue weighted by Gasteiger charge is -2.72. The van der Waals surface area contributed by atoms with Gasteiger partial charge in [0.1, 0.15) is 66.8 Å². The SMILES string of the molecule is CC1=C(O)C(=O)CC(O[C@@H]2CC(C)(C)C[C@H]3C4=CCC5[C@@]6(C)CC[C@H](O[C@@H]7O[C@H](C(=O)O)[C@@H](O)[C@H](O)[C@H]7O[C@@H]7O[C@H](CO)[C@H](O)[C@H](O)[C@H]7O[C@@H]7O[C@@H](C)[C@H](O)[C@@H](O)[C@H]7O)[C@](C)(CO)C6CC[C@@]5(C)[C@]4(C)CC[C@@]23C)O1. The normalized spacial score (nSPS) is 52.9. The van der Waals surface area contributed by atoms with Gasteiger partial charge in [0.25, 0.3) is 0 Å². The van der Waals surface area contributed by atoms with Crippen LogP contribution in [0.25, 0.3) is 0 Å². The van der Waals surface area contributed by atoms with Crippen LogP contribution in [0.3, 0.4) is 0 Å². The van der Waals surface area contributed by atoms with Crippen LogP contribution < -0.4 is 0 Å². The first-order valence-corrected chi connectivity index (χ1v) is 27.1. The van der Waals surface area contributed by atoms with Gasteiger partial charge in [-0.25, -0.2) is 4.79 Å². The van der Waals surface area contributed by atoms with Gasteiger partial charge in [0.05, 0.1) is 37.9 Å². The van der Waals surface area contributed by atoms with Gasteiger partial charge in [0.2, 0.25) is 12.1 Å². The molecule has 0 spiro atoms. The van der Waals surface area contributed by atoms with E-state index in [1.165, 1.54) is 12.5 Å². The molecule has 0 aromatic rings. The molecule has 0 radical (unpaired) electrons. The largest absolute Gasteiger partial charge is 0.502 e. The van der Waals surface area contributed by atoms with E-state index in [-0.39, 0.29) is 81.3 Å². The van der Waals surface area contributed by atoms with Gasteiger partial charge in [-0.2, -0.15) is 0 Å². The van der Waals surface area contributed by atoms with Crippen LogP contribution >= 0.6 is 0 Å². The van der Waals surface area contributed by atoms with Crippen LogP contribution in [0.15, 0.2) is 23.2 Å². The highest BCUT2D eigenvalue weighted by atomic mass is 16.8. The number of aliphatic carboxylic acids is 1. The second-order valence-electron chi connectivity index (χ2n) is 25.8. The molecular formula is C54H84O21. The van der Waals surface area contributed by atoms with Gasteiger partial charge in [-0.1, -0.05) is 60.1 Å². The fourth-order valence-electron chi connectivity index (χ4n) is 16.3. The highest BCUT2D eigenvalue weighted by Gasteiger charge is 2.70. The summed E-state index contributed by atoms with van der Waals surface area (Å²) in [5.41, 5.74) is -0.538. The number of allylic oxidation sites excluding steroid dienone is 4. The van der Waals surface area contributed by atoms with E-state index in [9.17, 15) is 65.8 Å². The Labute approximate surface area is 438 Å². The molecule has 7 fully saturated rings. The lowest BCUT2D eigenvalue weighted by Crippen LogP contribution is -2.68. The minimum absolute atomic E-state index is 0.0493. The molecule has 0 bridgehead atoms. The van der Waals surface area contributed by atoms with Gasteiger partial charge in [0.15, 0.2) is 30.7 Å². The van der Waals surface area contributed by atoms with Crippen molar-refractivity contribution in [3.05, 3.63) is 23.2 Å². The van der Waals surface area contributed by atoms with E-state index in [0.29, 0.717) is 12.8 Å². The molecule has 21 nitrogen and oxygen atoms in total. The van der Waals surface area contributed by atoms with Gasteiger partial charge in [-0.3, -0.25) is 4.79 Å². The van der Waals surface area contributed by atoms with Gasteiger partial charge in [0, 0.05) is 10.8 Å². The van der Waals surface area contributed by atoms with E-state index in [2.05, 4.69) is 47.6 Å². The van der Waals surface area contributed by atoms with E-state index in [4.69, 9.17) is 37.9 Å². The van der Waals surface area contributed by atoms with Crippen LogP contribution in [0.2, 0.25) is 0 Å². The smallest absolute Gasteiger partial charge is 0.335 e. The number of hydrogen-bond acceptors (Lipinski definition) is 20. The van der Waals surface area contributed by atoms with Crippen LogP contribution in [0, 0.1) is 50.2 Å². The highest BCUT2D eigenvalue weighted by molar-refractivity contribution is 5.94. The minimum Gasteiger partial charge on any atom is -0.502 e. The quantitative estimate of drug-likeness (QED) is 0.104. The van der Waals surface area contributed by atoms with Crippen LogP contribution in [-0.4, -0.2) is 192 Å². The van der Waals surface area contributed by atoms with Crippen LogP contribution in [-0.2, 0) is 47.5 Å². The maximum atomic E-state index is 12.7. The van der Waals surface area contributed by atoms with Gasteiger partial charge in [-0.15, -0.1) is 0 Å². The fourth-order valence-corrected chi connectivity index (χ4v) is 16.3. The number of rotatable bonds is 11. The Morgan fingerprint density at radius 3 is 1.99 bits per heavy atom. The van der Waals surface area contributed by atoms with Gasteiger partial charge < -0.3 is 94.1 Å². The number of aliphatic hydroxyl groups is 10. The number of Topliss-reactive ketones (excluding diaryl/α,β-unsaturated/α-hetero) is 1. The number of aliphatic hydroxyl groups excluding tert-OH is 10. The van der Waals surface area contributed by atoms with Crippen molar-refractivity contribution in [2.45, 2.75) is 237 Å². The molecule has 5 aliphatic carbocycles. The molecule has 0 amide bonds. The van der Waals surface area contributed by atoms with Crippen molar-refractivity contribution in [2.24, 2.45) is 50.2 Å². The average molecular weight is 1070 g/mol. The third-order valence-corrected chi connectivity index (χ3v) is 21.0. The molecule has 4 heterocycles. The molecule has 3 saturated heterocycles. The van der Waals surface area contributed by atoms with Gasteiger partial charge in [-0.05, 0) is 111 Å². The Hall–Kier alpha value is -2.42. The van der Waals surface area contributed by atoms with E-state index in [1.54, 1.807) is 6.92 Å². The van der Waals surface area contributed by atoms with E-state index >= 15 is 0 Å². The third-order valence-electron chi connectivity index (χ3n) is 21.0. The lowest BCUT2D eigenvalue weighted by molar-refractivity contribution is -0.396. The summed E-state index contributed by atoms with van der Waals surface area (Å²) in [5, 5.41) is 119. The number of hydrogen-bond donors (Lipinski definition) is 11. The van der Waals surface area contributed by atoms with Crippen LogP contribution in [0.4, 0.5) is 0 Å². The predicted molar refractivity (Wildman–Crippen MR) is 259 cm³/mol. The predicted octanol–water partition coefficient (Wildman–Crippen LogP) is 1.83. The zero-order valence-electron chi connectivity index (χ0n) is 44.7. The first-order valence-electron chi connectivity index (χ1n) is 27.1. The summed E-state index contributed by atoms with van der Waals surface area (Å²) in [6.45, 7) is 17.9. The number of carboxylic acid groups (broad SMARTS) is 1. The summed E-state index contributed by atoms with van der Waals surface area (Å²) < 4.78 is 49.1. The molecule has 0 aromatic carbocycles. The Bertz CT molecular complexity index is 2210. The van der Waals surface area contributed by atoms with Gasteiger partial charge >= 0.3 is 5.97 Å². The molecule has 75 heavy (non-hydrogen) atoms. The summed E-state index contributed by atoms with van der Waals surface area (Å²) in [7, 11) is 0. The van der Waals surface area contributed by atoms with Crippen LogP contribution in [0.5, 0.6) is 0 Å². The summed E-state index contributed by atoms with van der Waals surface area (Å²) in [5.74, 6) is -1.94. The standard InChI is InChI=1S/C54H84O21/c1-23-34(58)27(57)18-33(68-23)71-32-20-49(3,4)19-26-25-10-11-30-51(6)14-13-31(52(7,22-56)29(51)12-15-54(30,9)53(25,8)17-16-50(26,32)5)72-48-44(40(64)39(63)42(73-48)45(66)67)75-47-43(38(62)36(60)28(21-55)70-47)74-46-41(65)37(61)35(59)24(2)69-46/h10,24,26,28-33,35-44,46-48,55-56,58-65H,11-22H2,1-9H3,(H,66,67)/t24-,26-,28+,29?,30?,31-,32+,33?,35-,36-,37+,38-,39-,40-,41+,42-,43+,44+,46-,47-,48+,50+,51-,52+,53+,54+/m0/s1. The Morgan fingerprint density at radius 2 is 1.35 bits per heavy atom. The first-order chi connectivity index (χ1) is 35.0. The molecule has 9 aliphatic rings. The van der Waals surface area contributed by atoms with E-state index in [1.807, 2.05) is 6.92 Å². The van der Waals surface area contributed by atoms with Crippen molar-refractivity contribution < 1.29 is 104 Å². The Balaban J connectivity index is 0.980. The minimum atomic E-state index is -2.09. The maximum absolute atomic E-state index is 12.7. The average Bonchev–Trinajstić information content (AvgIpc) is 3.35. The zero-order valence-corrected chi connectivity index (χ0v) is 44.7. The summed E-state index contributed by atoms with van der Waals surface area (Å²) in [6.07, 6.45) is -19.0. The number of carbonyl (C=O) groups excluding carboxylic acids is 1. The number of carbonyl (C=O) groups is 2. The summed E-state index contributed by atoms with van der Waals surface area (Å²) >= 11 is 0. The van der Waals surface area contributed by atoms with E-state index in [0.717, 1.165) is 44.9 Å². The van der Waals surface area contributed by atoms with Crippen molar-refractivity contribution in [2.75, 3.05) is 13.2 Å². The van der Waals surface area contributed by atoms with Crippen molar-refractivity contribution in [1.82, 2.24) is 0 Å². The second-order valence-corrected chi connectivity index (χ2v) is 25.8. The summed E-state index contributed by atoms with van der Waals surface area (Å²) in [6, 6.07) is 0. The number of fused-ring (bicyclic) bond motifs is 7. The monoisotopic (exact) mass is 1070 g/mol. The zero-order chi connectivity index (χ0) is 54.9. The molecule has 4 saturated carbocycles.